The molecule has 28 heavy (non-hydrogen) atoms. The summed E-state index contributed by atoms with van der Waals surface area (Å²) in [5.41, 5.74) is 1.17. The highest BCUT2D eigenvalue weighted by atomic mass is 32.2. The molecule has 1 aliphatic heterocycles. The number of thiocarbonyl (C=S) groups is 1. The van der Waals surface area contributed by atoms with Gasteiger partial charge in [0.2, 0.25) is 10.0 Å². The van der Waals surface area contributed by atoms with Crippen LogP contribution in [0.25, 0.3) is 0 Å². The summed E-state index contributed by atoms with van der Waals surface area (Å²) in [7, 11) is -3.48. The van der Waals surface area contributed by atoms with Crippen molar-refractivity contribution in [2.45, 2.75) is 37.6 Å². The molecule has 1 aliphatic rings. The van der Waals surface area contributed by atoms with Crippen LogP contribution in [0.5, 0.6) is 0 Å². The standard InChI is InChI=1S/C20H27N3O3S2/c1-3-16(2)17-6-8-19(9-7-17)28(24,25)23-12-10-22(11-13-23)20(27)21-15-18-5-4-14-26-18/h4-9,14,16H,3,10-13,15H2,1-2H3,(H,21,27)/t16-/m0/s1. The van der Waals surface area contributed by atoms with Crippen LogP contribution >= 0.6 is 12.2 Å². The molecule has 6 nitrogen and oxygen atoms in total. The fraction of sp³-hybridized carbons (Fsp3) is 0.450. The van der Waals surface area contributed by atoms with Crippen LogP contribution in [0.1, 0.15) is 37.5 Å². The van der Waals surface area contributed by atoms with Crippen molar-refractivity contribution in [2.75, 3.05) is 26.2 Å². The van der Waals surface area contributed by atoms with Gasteiger partial charge < -0.3 is 14.6 Å². The van der Waals surface area contributed by atoms with Crippen LogP contribution in [-0.4, -0.2) is 48.9 Å². The molecule has 1 aromatic carbocycles. The monoisotopic (exact) mass is 421 g/mol. The van der Waals surface area contributed by atoms with Crippen LogP contribution in [0.2, 0.25) is 0 Å². The summed E-state index contributed by atoms with van der Waals surface area (Å²) in [6, 6.07) is 11.0. The predicted molar refractivity (Wildman–Crippen MR) is 114 cm³/mol. The lowest BCUT2D eigenvalue weighted by atomic mass is 9.99. The summed E-state index contributed by atoms with van der Waals surface area (Å²) in [6.07, 6.45) is 2.65. The molecule has 2 heterocycles. The van der Waals surface area contributed by atoms with Gasteiger partial charge in [0.15, 0.2) is 5.11 Å². The van der Waals surface area contributed by atoms with E-state index in [1.54, 1.807) is 18.4 Å². The lowest BCUT2D eigenvalue weighted by Gasteiger charge is -2.35. The van der Waals surface area contributed by atoms with Gasteiger partial charge in [0.1, 0.15) is 5.76 Å². The van der Waals surface area contributed by atoms with E-state index in [9.17, 15) is 8.42 Å². The normalized spacial score (nSPS) is 16.7. The molecule has 1 atom stereocenters. The van der Waals surface area contributed by atoms with Crippen LogP contribution < -0.4 is 5.32 Å². The van der Waals surface area contributed by atoms with E-state index in [4.69, 9.17) is 16.6 Å². The molecule has 1 saturated heterocycles. The Balaban J connectivity index is 1.56. The van der Waals surface area contributed by atoms with Crippen molar-refractivity contribution in [3.63, 3.8) is 0 Å². The van der Waals surface area contributed by atoms with Gasteiger partial charge in [-0.3, -0.25) is 0 Å². The average molecular weight is 422 g/mol. The summed E-state index contributed by atoms with van der Waals surface area (Å²) < 4.78 is 32.7. The smallest absolute Gasteiger partial charge is 0.243 e. The van der Waals surface area contributed by atoms with Crippen molar-refractivity contribution in [1.82, 2.24) is 14.5 Å². The number of benzene rings is 1. The summed E-state index contributed by atoms with van der Waals surface area (Å²) >= 11 is 5.43. The molecule has 0 aliphatic carbocycles. The predicted octanol–water partition coefficient (Wildman–Crippen LogP) is 3.17. The lowest BCUT2D eigenvalue weighted by molar-refractivity contribution is 0.263. The number of furan rings is 1. The van der Waals surface area contributed by atoms with Crippen molar-refractivity contribution in [1.29, 1.82) is 0 Å². The molecule has 0 spiro atoms. The Bertz CT molecular complexity index is 872. The number of piperazine rings is 1. The number of sulfonamides is 1. The van der Waals surface area contributed by atoms with Crippen molar-refractivity contribution >= 4 is 27.4 Å². The van der Waals surface area contributed by atoms with E-state index in [0.29, 0.717) is 48.6 Å². The summed E-state index contributed by atoms with van der Waals surface area (Å²) in [4.78, 5) is 2.35. The minimum Gasteiger partial charge on any atom is -0.467 e. The molecule has 0 saturated carbocycles. The number of rotatable bonds is 6. The van der Waals surface area contributed by atoms with Gasteiger partial charge in [-0.25, -0.2) is 8.42 Å². The minimum absolute atomic E-state index is 0.353. The van der Waals surface area contributed by atoms with Crippen molar-refractivity contribution in [3.05, 3.63) is 54.0 Å². The van der Waals surface area contributed by atoms with Gasteiger partial charge in [0.05, 0.1) is 17.7 Å². The van der Waals surface area contributed by atoms with Gasteiger partial charge in [0, 0.05) is 26.2 Å². The molecular weight excluding hydrogens is 394 g/mol. The zero-order valence-corrected chi connectivity index (χ0v) is 17.9. The number of hydrogen-bond acceptors (Lipinski definition) is 4. The van der Waals surface area contributed by atoms with Gasteiger partial charge >= 0.3 is 0 Å². The number of nitrogens with zero attached hydrogens (tertiary/aromatic N) is 2. The highest BCUT2D eigenvalue weighted by Crippen LogP contribution is 2.23. The third-order valence-corrected chi connectivity index (χ3v) is 7.53. The van der Waals surface area contributed by atoms with Crippen molar-refractivity contribution in [3.8, 4) is 0 Å². The Morgan fingerprint density at radius 1 is 1.18 bits per heavy atom. The van der Waals surface area contributed by atoms with Crippen LogP contribution in [-0.2, 0) is 16.6 Å². The van der Waals surface area contributed by atoms with E-state index in [1.807, 2.05) is 29.2 Å². The molecular formula is C20H27N3O3S2. The average Bonchev–Trinajstić information content (AvgIpc) is 3.25. The first-order valence-electron chi connectivity index (χ1n) is 9.57. The maximum absolute atomic E-state index is 12.9. The Morgan fingerprint density at radius 2 is 1.86 bits per heavy atom. The zero-order valence-electron chi connectivity index (χ0n) is 16.3. The quantitative estimate of drug-likeness (QED) is 0.723. The first kappa shape index (κ1) is 20.8. The van der Waals surface area contributed by atoms with Crippen LogP contribution in [0.15, 0.2) is 52.0 Å². The van der Waals surface area contributed by atoms with Crippen LogP contribution in [0.3, 0.4) is 0 Å². The highest BCUT2D eigenvalue weighted by molar-refractivity contribution is 7.89. The second-order valence-corrected chi connectivity index (χ2v) is 9.33. The Kier molecular flexibility index (Phi) is 6.74. The van der Waals surface area contributed by atoms with Gasteiger partial charge in [-0.1, -0.05) is 26.0 Å². The Hall–Kier alpha value is -1.90. The molecule has 3 rings (SSSR count). The first-order chi connectivity index (χ1) is 13.4. The van der Waals surface area contributed by atoms with Gasteiger partial charge in [-0.15, -0.1) is 0 Å². The summed E-state index contributed by atoms with van der Waals surface area (Å²) in [5, 5.41) is 3.77. The molecule has 0 unspecified atom stereocenters. The molecule has 1 N–H and O–H groups in total. The maximum atomic E-state index is 12.9. The van der Waals surface area contributed by atoms with Crippen molar-refractivity contribution in [2.24, 2.45) is 0 Å². The largest absolute Gasteiger partial charge is 0.467 e. The molecule has 2 aromatic rings. The van der Waals surface area contributed by atoms with E-state index in [1.165, 1.54) is 9.87 Å². The lowest BCUT2D eigenvalue weighted by Crippen LogP contribution is -2.52. The second kappa shape index (κ2) is 9.07. The van der Waals surface area contributed by atoms with Gasteiger partial charge in [-0.2, -0.15) is 4.31 Å². The Labute approximate surface area is 172 Å². The topological polar surface area (TPSA) is 65.8 Å². The summed E-state index contributed by atoms with van der Waals surface area (Å²) in [6.45, 7) is 6.75. The van der Waals surface area contributed by atoms with Crippen LogP contribution in [0, 0.1) is 0 Å². The van der Waals surface area contributed by atoms with E-state index >= 15 is 0 Å². The fourth-order valence-corrected chi connectivity index (χ4v) is 4.85. The second-order valence-electron chi connectivity index (χ2n) is 7.01. The third-order valence-electron chi connectivity index (χ3n) is 5.22. The molecule has 0 radical (unpaired) electrons. The molecule has 152 valence electrons. The first-order valence-corrected chi connectivity index (χ1v) is 11.4. The SMILES string of the molecule is CC[C@H](C)c1ccc(S(=O)(=O)N2CCN(C(=S)NCc3ccco3)CC2)cc1. The summed E-state index contributed by atoms with van der Waals surface area (Å²) in [5.74, 6) is 1.24. The minimum atomic E-state index is -3.48. The van der Waals surface area contributed by atoms with E-state index < -0.39 is 10.0 Å². The molecule has 8 heteroatoms. The molecule has 1 aromatic heterocycles. The van der Waals surface area contributed by atoms with Crippen LogP contribution in [0.4, 0.5) is 0 Å². The molecule has 0 bridgehead atoms. The third kappa shape index (κ3) is 4.74. The van der Waals surface area contributed by atoms with E-state index in [2.05, 4.69) is 19.2 Å². The van der Waals surface area contributed by atoms with Gasteiger partial charge in [0.25, 0.3) is 0 Å². The fourth-order valence-electron chi connectivity index (χ4n) is 3.17. The number of nitrogens with one attached hydrogen (secondary N) is 1. The molecule has 0 amide bonds. The van der Waals surface area contributed by atoms with Gasteiger partial charge in [-0.05, 0) is 54.4 Å². The molecule has 1 fully saturated rings. The van der Waals surface area contributed by atoms with E-state index in [-0.39, 0.29) is 0 Å². The van der Waals surface area contributed by atoms with E-state index in [0.717, 1.165) is 12.2 Å². The highest BCUT2D eigenvalue weighted by Gasteiger charge is 2.29. The number of hydrogen-bond donors (Lipinski definition) is 1. The van der Waals surface area contributed by atoms with Crippen molar-refractivity contribution < 1.29 is 12.8 Å². The zero-order chi connectivity index (χ0) is 20.1. The Morgan fingerprint density at radius 3 is 2.43 bits per heavy atom. The maximum Gasteiger partial charge on any atom is 0.243 e.